The topological polar surface area (TPSA) is 46.5 Å². The van der Waals surface area contributed by atoms with Gasteiger partial charge in [0.1, 0.15) is 5.75 Å². The lowest BCUT2D eigenvalue weighted by Crippen LogP contribution is -1.92. The molecule has 0 saturated heterocycles. The number of aryl methyl sites for hydroxylation is 1. The van der Waals surface area contributed by atoms with E-state index in [1.807, 2.05) is 36.6 Å². The second-order valence-electron chi connectivity index (χ2n) is 5.28. The number of anilines is 1. The number of hydrogen-bond donors (Lipinski definition) is 1. The number of nitrogens with zero attached hydrogens (tertiary/aromatic N) is 2. The van der Waals surface area contributed by atoms with Gasteiger partial charge in [0.25, 0.3) is 0 Å². The molecular formula is C19H19N3OS. The van der Waals surface area contributed by atoms with Gasteiger partial charge in [0.15, 0.2) is 0 Å². The number of nitrogens with one attached hydrogen (secondary N) is 1. The fraction of sp³-hybridized carbons (Fsp3) is 0.158. The average Bonchev–Trinajstić information content (AvgIpc) is 3.06. The van der Waals surface area contributed by atoms with Crippen LogP contribution in [0, 0.1) is 6.92 Å². The summed E-state index contributed by atoms with van der Waals surface area (Å²) in [6.45, 7) is 4.72. The molecule has 0 bridgehead atoms. The van der Waals surface area contributed by atoms with Crippen LogP contribution in [0.1, 0.15) is 18.1 Å². The summed E-state index contributed by atoms with van der Waals surface area (Å²) in [4.78, 5) is 4.55. The first kappa shape index (κ1) is 16.2. The maximum Gasteiger partial charge on any atom is 0.203 e. The van der Waals surface area contributed by atoms with Gasteiger partial charge in [-0.05, 0) is 43.7 Å². The molecule has 1 N–H and O–H groups in total. The maximum atomic E-state index is 5.42. The normalized spacial score (nSPS) is 10.9. The summed E-state index contributed by atoms with van der Waals surface area (Å²) in [5.41, 5.74) is 7.29. The highest BCUT2D eigenvalue weighted by Gasteiger charge is 2.03. The molecule has 4 nitrogen and oxygen atoms in total. The Bertz CT molecular complexity index is 807. The van der Waals surface area contributed by atoms with Crippen molar-refractivity contribution in [2.45, 2.75) is 13.8 Å². The number of ether oxygens (including phenoxy) is 1. The average molecular weight is 337 g/mol. The van der Waals surface area contributed by atoms with Crippen molar-refractivity contribution in [2.75, 3.05) is 12.0 Å². The fourth-order valence-corrected chi connectivity index (χ4v) is 2.83. The molecule has 0 amide bonds. The van der Waals surface area contributed by atoms with Crippen LogP contribution in [-0.4, -0.2) is 17.8 Å². The zero-order chi connectivity index (χ0) is 16.8. The molecule has 122 valence electrons. The maximum absolute atomic E-state index is 5.42. The minimum absolute atomic E-state index is 0.669. The van der Waals surface area contributed by atoms with Gasteiger partial charge in [-0.25, -0.2) is 4.98 Å². The minimum Gasteiger partial charge on any atom is -0.494 e. The second-order valence-corrected chi connectivity index (χ2v) is 6.13. The third-order valence-corrected chi connectivity index (χ3v) is 4.16. The highest BCUT2D eigenvalue weighted by atomic mass is 32.1. The molecule has 0 aliphatic heterocycles. The third-order valence-electron chi connectivity index (χ3n) is 3.42. The predicted octanol–water partition coefficient (Wildman–Crippen LogP) is 4.96. The second kappa shape index (κ2) is 7.75. The van der Waals surface area contributed by atoms with E-state index in [0.717, 1.165) is 27.7 Å². The van der Waals surface area contributed by atoms with Crippen LogP contribution in [0.25, 0.3) is 11.3 Å². The van der Waals surface area contributed by atoms with Gasteiger partial charge in [-0.15, -0.1) is 11.3 Å². The number of hydrazone groups is 1. The Labute approximate surface area is 145 Å². The molecule has 0 saturated carbocycles. The predicted molar refractivity (Wildman–Crippen MR) is 101 cm³/mol. The summed E-state index contributed by atoms with van der Waals surface area (Å²) >= 11 is 1.54. The van der Waals surface area contributed by atoms with E-state index in [2.05, 4.69) is 46.7 Å². The van der Waals surface area contributed by atoms with Gasteiger partial charge in [-0.1, -0.05) is 29.8 Å². The fourth-order valence-electron chi connectivity index (χ4n) is 2.16. The summed E-state index contributed by atoms with van der Waals surface area (Å²) in [6.07, 6.45) is 1.77. The van der Waals surface area contributed by atoms with E-state index in [1.165, 1.54) is 16.9 Å². The van der Waals surface area contributed by atoms with E-state index in [-0.39, 0.29) is 0 Å². The van der Waals surface area contributed by atoms with Crippen molar-refractivity contribution in [1.82, 2.24) is 4.98 Å². The van der Waals surface area contributed by atoms with Crippen LogP contribution >= 0.6 is 11.3 Å². The molecule has 0 spiro atoms. The van der Waals surface area contributed by atoms with Crippen molar-refractivity contribution in [1.29, 1.82) is 0 Å². The highest BCUT2D eigenvalue weighted by Crippen LogP contribution is 2.25. The molecule has 3 rings (SSSR count). The van der Waals surface area contributed by atoms with Gasteiger partial charge in [0.05, 0.1) is 18.5 Å². The van der Waals surface area contributed by atoms with Crippen molar-refractivity contribution in [3.8, 4) is 17.0 Å². The minimum atomic E-state index is 0.669. The Morgan fingerprint density at radius 3 is 2.58 bits per heavy atom. The van der Waals surface area contributed by atoms with Gasteiger partial charge >= 0.3 is 0 Å². The first-order chi connectivity index (χ1) is 11.7. The molecule has 1 heterocycles. The molecule has 0 aliphatic carbocycles. The Morgan fingerprint density at radius 2 is 1.88 bits per heavy atom. The van der Waals surface area contributed by atoms with Crippen LogP contribution in [0.5, 0.6) is 5.75 Å². The van der Waals surface area contributed by atoms with Crippen molar-refractivity contribution < 1.29 is 4.74 Å². The van der Waals surface area contributed by atoms with E-state index >= 15 is 0 Å². The van der Waals surface area contributed by atoms with E-state index in [0.29, 0.717) is 6.61 Å². The van der Waals surface area contributed by atoms with E-state index in [1.54, 1.807) is 6.21 Å². The standard InChI is InChI=1S/C19H19N3OS/c1-3-23-17-10-6-15(7-11-17)12-20-22-19-21-18(13-24-19)16-8-4-14(2)5-9-16/h4-13H,3H2,1-2H3,(H,21,22)/b20-12+. The van der Waals surface area contributed by atoms with Crippen LogP contribution in [-0.2, 0) is 0 Å². The van der Waals surface area contributed by atoms with Crippen molar-refractivity contribution in [3.63, 3.8) is 0 Å². The Balaban J connectivity index is 1.61. The van der Waals surface area contributed by atoms with Gasteiger partial charge in [0, 0.05) is 10.9 Å². The smallest absolute Gasteiger partial charge is 0.203 e. The van der Waals surface area contributed by atoms with Crippen molar-refractivity contribution in [3.05, 3.63) is 65.0 Å². The van der Waals surface area contributed by atoms with Crippen LogP contribution in [0.15, 0.2) is 59.0 Å². The van der Waals surface area contributed by atoms with E-state index in [9.17, 15) is 0 Å². The number of hydrogen-bond acceptors (Lipinski definition) is 5. The van der Waals surface area contributed by atoms with Crippen LogP contribution < -0.4 is 10.2 Å². The lowest BCUT2D eigenvalue weighted by atomic mass is 10.1. The molecule has 0 atom stereocenters. The number of aromatic nitrogens is 1. The first-order valence-electron chi connectivity index (χ1n) is 7.79. The summed E-state index contributed by atoms with van der Waals surface area (Å²) in [6, 6.07) is 16.1. The summed E-state index contributed by atoms with van der Waals surface area (Å²) < 4.78 is 5.42. The monoisotopic (exact) mass is 337 g/mol. The lowest BCUT2D eigenvalue weighted by molar-refractivity contribution is 0.340. The molecule has 1 aromatic heterocycles. The molecule has 3 aromatic rings. The van der Waals surface area contributed by atoms with Gasteiger partial charge < -0.3 is 4.74 Å². The third kappa shape index (κ3) is 4.20. The Morgan fingerprint density at radius 1 is 1.12 bits per heavy atom. The van der Waals surface area contributed by atoms with Gasteiger partial charge in [-0.2, -0.15) is 5.10 Å². The largest absolute Gasteiger partial charge is 0.494 e. The van der Waals surface area contributed by atoms with Crippen LogP contribution in [0.3, 0.4) is 0 Å². The van der Waals surface area contributed by atoms with Gasteiger partial charge in [-0.3, -0.25) is 5.43 Å². The van der Waals surface area contributed by atoms with Gasteiger partial charge in [0.2, 0.25) is 5.13 Å². The first-order valence-corrected chi connectivity index (χ1v) is 8.67. The molecule has 0 radical (unpaired) electrons. The molecule has 2 aromatic carbocycles. The molecule has 0 aliphatic rings. The molecule has 0 fully saturated rings. The Hall–Kier alpha value is -2.66. The number of benzene rings is 2. The molecule has 0 unspecified atom stereocenters. The van der Waals surface area contributed by atoms with Crippen molar-refractivity contribution >= 4 is 22.7 Å². The van der Waals surface area contributed by atoms with Crippen LogP contribution in [0.2, 0.25) is 0 Å². The summed E-state index contributed by atoms with van der Waals surface area (Å²) in [5, 5.41) is 7.04. The van der Waals surface area contributed by atoms with Crippen LogP contribution in [0.4, 0.5) is 5.13 Å². The highest BCUT2D eigenvalue weighted by molar-refractivity contribution is 7.14. The summed E-state index contributed by atoms with van der Waals surface area (Å²) in [5.74, 6) is 0.866. The lowest BCUT2D eigenvalue weighted by Gasteiger charge is -2.02. The molecule has 24 heavy (non-hydrogen) atoms. The van der Waals surface area contributed by atoms with Crippen molar-refractivity contribution in [2.24, 2.45) is 5.10 Å². The van der Waals surface area contributed by atoms with E-state index in [4.69, 9.17) is 4.74 Å². The SMILES string of the molecule is CCOc1ccc(/C=N/Nc2nc(-c3ccc(C)cc3)cs2)cc1. The quantitative estimate of drug-likeness (QED) is 0.510. The molecule has 5 heteroatoms. The zero-order valence-corrected chi connectivity index (χ0v) is 14.5. The zero-order valence-electron chi connectivity index (χ0n) is 13.7. The number of thiazole rings is 1. The summed E-state index contributed by atoms with van der Waals surface area (Å²) in [7, 11) is 0. The molecular weight excluding hydrogens is 318 g/mol. The number of rotatable bonds is 6. The van der Waals surface area contributed by atoms with E-state index < -0.39 is 0 Å². The Kier molecular flexibility index (Phi) is 5.23.